The summed E-state index contributed by atoms with van der Waals surface area (Å²) in [5.41, 5.74) is 0.670. The standard InChI is InChI=1S/C15H20INO2/c1-12(11-17-9-5-2-6-10-17)19-15(18)13-7-3-4-8-14(13)16/h3-4,7-8,12H,2,5-6,9-11H2,1H3/p+1/t12-/m0/s1. The first-order valence-electron chi connectivity index (χ1n) is 6.96. The van der Waals surface area contributed by atoms with Crippen molar-refractivity contribution in [3.05, 3.63) is 33.4 Å². The molecule has 0 radical (unpaired) electrons. The predicted molar refractivity (Wildman–Crippen MR) is 83.5 cm³/mol. The van der Waals surface area contributed by atoms with Crippen LogP contribution in [0.2, 0.25) is 0 Å². The third-order valence-corrected chi connectivity index (χ3v) is 4.48. The lowest BCUT2D eigenvalue weighted by molar-refractivity contribution is -0.907. The van der Waals surface area contributed by atoms with Crippen LogP contribution < -0.4 is 4.90 Å². The van der Waals surface area contributed by atoms with Gasteiger partial charge in [0.1, 0.15) is 12.6 Å². The number of esters is 1. The molecule has 1 saturated heterocycles. The minimum Gasteiger partial charge on any atom is -0.453 e. The fraction of sp³-hybridized carbons (Fsp3) is 0.533. The third-order valence-electron chi connectivity index (χ3n) is 3.54. The topological polar surface area (TPSA) is 30.7 Å². The molecule has 0 aromatic heterocycles. The van der Waals surface area contributed by atoms with Gasteiger partial charge in [-0.3, -0.25) is 0 Å². The van der Waals surface area contributed by atoms with Gasteiger partial charge in [-0.2, -0.15) is 0 Å². The number of likely N-dealkylation sites (tertiary alicyclic amines) is 1. The van der Waals surface area contributed by atoms with Gasteiger partial charge in [0.05, 0.1) is 18.7 Å². The normalized spacial score (nSPS) is 18.0. The highest BCUT2D eigenvalue weighted by molar-refractivity contribution is 14.1. The maximum absolute atomic E-state index is 12.1. The Labute approximate surface area is 128 Å². The van der Waals surface area contributed by atoms with Gasteiger partial charge in [-0.05, 0) is 60.9 Å². The second-order valence-electron chi connectivity index (χ2n) is 5.21. The molecule has 0 amide bonds. The third kappa shape index (κ3) is 4.45. The molecule has 19 heavy (non-hydrogen) atoms. The number of hydrogen-bond donors (Lipinski definition) is 1. The van der Waals surface area contributed by atoms with Crippen LogP contribution in [0.3, 0.4) is 0 Å². The summed E-state index contributed by atoms with van der Waals surface area (Å²) in [6.07, 6.45) is 3.93. The summed E-state index contributed by atoms with van der Waals surface area (Å²) < 4.78 is 6.50. The SMILES string of the molecule is C[C@@H](C[NH+]1CCCCC1)OC(=O)c1ccccc1I. The fourth-order valence-electron chi connectivity index (χ4n) is 2.58. The highest BCUT2D eigenvalue weighted by atomic mass is 127. The Morgan fingerprint density at radius 1 is 1.32 bits per heavy atom. The quantitative estimate of drug-likeness (QED) is 0.645. The molecule has 1 aliphatic heterocycles. The van der Waals surface area contributed by atoms with Crippen molar-refractivity contribution in [1.29, 1.82) is 0 Å². The molecule has 104 valence electrons. The van der Waals surface area contributed by atoms with Gasteiger partial charge in [0.15, 0.2) is 0 Å². The number of ether oxygens (including phenoxy) is 1. The maximum atomic E-state index is 12.1. The molecular weight excluding hydrogens is 353 g/mol. The average molecular weight is 374 g/mol. The van der Waals surface area contributed by atoms with E-state index in [1.54, 1.807) is 4.90 Å². The van der Waals surface area contributed by atoms with E-state index >= 15 is 0 Å². The molecule has 1 heterocycles. The van der Waals surface area contributed by atoms with E-state index in [2.05, 4.69) is 22.6 Å². The molecule has 1 aromatic carbocycles. The molecule has 0 unspecified atom stereocenters. The monoisotopic (exact) mass is 374 g/mol. The Morgan fingerprint density at radius 2 is 2.00 bits per heavy atom. The van der Waals surface area contributed by atoms with Crippen molar-refractivity contribution in [2.45, 2.75) is 32.3 Å². The van der Waals surface area contributed by atoms with Gasteiger partial charge >= 0.3 is 5.97 Å². The summed E-state index contributed by atoms with van der Waals surface area (Å²) in [6, 6.07) is 7.56. The van der Waals surface area contributed by atoms with E-state index < -0.39 is 0 Å². The molecule has 1 aromatic rings. The van der Waals surface area contributed by atoms with Gasteiger partial charge < -0.3 is 9.64 Å². The molecule has 3 nitrogen and oxygen atoms in total. The summed E-state index contributed by atoms with van der Waals surface area (Å²) >= 11 is 2.17. The number of rotatable bonds is 4. The van der Waals surface area contributed by atoms with Gasteiger partial charge in [-0.15, -0.1) is 0 Å². The van der Waals surface area contributed by atoms with Crippen molar-refractivity contribution in [3.63, 3.8) is 0 Å². The molecule has 0 spiro atoms. The molecule has 1 atom stereocenters. The minimum absolute atomic E-state index is 0.0170. The zero-order valence-electron chi connectivity index (χ0n) is 11.3. The van der Waals surface area contributed by atoms with Crippen molar-refractivity contribution in [2.75, 3.05) is 19.6 Å². The Balaban J connectivity index is 1.86. The van der Waals surface area contributed by atoms with E-state index in [1.165, 1.54) is 32.4 Å². The number of nitrogens with one attached hydrogen (secondary N) is 1. The smallest absolute Gasteiger partial charge is 0.339 e. The van der Waals surface area contributed by atoms with Crippen LogP contribution in [0.1, 0.15) is 36.5 Å². The van der Waals surface area contributed by atoms with Crippen LogP contribution in [0.15, 0.2) is 24.3 Å². The van der Waals surface area contributed by atoms with Gasteiger partial charge in [0, 0.05) is 3.57 Å². The molecule has 1 fully saturated rings. The Morgan fingerprint density at radius 3 is 2.68 bits per heavy atom. The molecule has 1 N–H and O–H groups in total. The zero-order chi connectivity index (χ0) is 13.7. The first kappa shape index (κ1) is 14.8. The van der Waals surface area contributed by atoms with Crippen LogP contribution in [-0.4, -0.2) is 31.7 Å². The van der Waals surface area contributed by atoms with E-state index in [9.17, 15) is 4.79 Å². The minimum atomic E-state index is -0.200. The zero-order valence-corrected chi connectivity index (χ0v) is 13.5. The first-order valence-corrected chi connectivity index (χ1v) is 8.04. The summed E-state index contributed by atoms with van der Waals surface area (Å²) in [5.74, 6) is -0.200. The Kier molecular flexibility index (Phi) is 5.63. The van der Waals surface area contributed by atoms with Gasteiger partial charge in [0.2, 0.25) is 0 Å². The first-order chi connectivity index (χ1) is 9.16. The van der Waals surface area contributed by atoms with E-state index in [0.29, 0.717) is 5.56 Å². The summed E-state index contributed by atoms with van der Waals surface area (Å²) in [7, 11) is 0. The van der Waals surface area contributed by atoms with Crippen molar-refractivity contribution in [3.8, 4) is 0 Å². The van der Waals surface area contributed by atoms with Crippen molar-refractivity contribution < 1.29 is 14.4 Å². The predicted octanol–water partition coefficient (Wildman–Crippen LogP) is 1.91. The largest absolute Gasteiger partial charge is 0.453 e. The van der Waals surface area contributed by atoms with Crippen LogP contribution >= 0.6 is 22.6 Å². The number of quaternary nitrogens is 1. The highest BCUT2D eigenvalue weighted by Gasteiger charge is 2.20. The summed E-state index contributed by atoms with van der Waals surface area (Å²) in [4.78, 5) is 13.6. The number of benzene rings is 1. The van der Waals surface area contributed by atoms with Gasteiger partial charge in [-0.25, -0.2) is 4.79 Å². The Bertz CT molecular complexity index is 430. The molecule has 2 rings (SSSR count). The number of carbonyl (C=O) groups is 1. The molecule has 0 aliphatic carbocycles. The summed E-state index contributed by atoms with van der Waals surface area (Å²) in [6.45, 7) is 5.35. The van der Waals surface area contributed by atoms with E-state index in [-0.39, 0.29) is 12.1 Å². The second kappa shape index (κ2) is 7.24. The number of piperidine rings is 1. The van der Waals surface area contributed by atoms with Gasteiger partial charge in [0.25, 0.3) is 0 Å². The molecule has 0 saturated carbocycles. The molecule has 4 heteroatoms. The van der Waals surface area contributed by atoms with Crippen molar-refractivity contribution >= 4 is 28.6 Å². The van der Waals surface area contributed by atoms with Crippen LogP contribution in [0.4, 0.5) is 0 Å². The lowest BCUT2D eigenvalue weighted by Gasteiger charge is -2.26. The fourth-order valence-corrected chi connectivity index (χ4v) is 3.18. The summed E-state index contributed by atoms with van der Waals surface area (Å²) in [5, 5.41) is 0. The van der Waals surface area contributed by atoms with Gasteiger partial charge in [-0.1, -0.05) is 12.1 Å². The number of hydrogen-bond acceptors (Lipinski definition) is 2. The van der Waals surface area contributed by atoms with Crippen LogP contribution in [0.5, 0.6) is 0 Å². The number of halogens is 1. The van der Waals surface area contributed by atoms with E-state index in [0.717, 1.165) is 10.1 Å². The lowest BCUT2D eigenvalue weighted by atomic mass is 10.1. The van der Waals surface area contributed by atoms with Crippen molar-refractivity contribution in [1.82, 2.24) is 0 Å². The average Bonchev–Trinajstić information content (AvgIpc) is 2.40. The lowest BCUT2D eigenvalue weighted by Crippen LogP contribution is -3.13. The van der Waals surface area contributed by atoms with E-state index in [1.807, 2.05) is 31.2 Å². The molecule has 0 bridgehead atoms. The van der Waals surface area contributed by atoms with E-state index in [4.69, 9.17) is 4.74 Å². The Hall–Kier alpha value is -0.620. The molecular formula is C15H21INO2+. The highest BCUT2D eigenvalue weighted by Crippen LogP contribution is 2.13. The second-order valence-corrected chi connectivity index (χ2v) is 6.37. The van der Waals surface area contributed by atoms with Crippen LogP contribution in [0, 0.1) is 3.57 Å². The van der Waals surface area contributed by atoms with Crippen LogP contribution in [0.25, 0.3) is 0 Å². The maximum Gasteiger partial charge on any atom is 0.339 e. The number of carbonyl (C=O) groups excluding carboxylic acids is 1. The molecule has 1 aliphatic rings. The van der Waals surface area contributed by atoms with Crippen LogP contribution in [-0.2, 0) is 4.74 Å². The van der Waals surface area contributed by atoms with Crippen molar-refractivity contribution in [2.24, 2.45) is 0 Å².